The van der Waals surface area contributed by atoms with Crippen LogP contribution in [0.4, 0.5) is 0 Å². The lowest BCUT2D eigenvalue weighted by molar-refractivity contribution is 0.0924. The zero-order valence-corrected chi connectivity index (χ0v) is 11.7. The van der Waals surface area contributed by atoms with Crippen LogP contribution in [0.15, 0.2) is 39.6 Å². The fourth-order valence-corrected chi connectivity index (χ4v) is 2.68. The summed E-state index contributed by atoms with van der Waals surface area (Å²) < 4.78 is 5.42. The minimum Gasteiger partial charge on any atom is -0.455 e. The fourth-order valence-electron chi connectivity index (χ4n) is 1.66. The first-order chi connectivity index (χ1) is 9.10. The van der Waals surface area contributed by atoms with Crippen LogP contribution in [0.25, 0.3) is 0 Å². The van der Waals surface area contributed by atoms with Gasteiger partial charge in [-0.3, -0.25) is 10.2 Å². The molecule has 0 aliphatic carbocycles. The first kappa shape index (κ1) is 13.7. The maximum atomic E-state index is 11.3. The van der Waals surface area contributed by atoms with E-state index in [0.717, 1.165) is 5.76 Å². The molecule has 0 unspecified atom stereocenters. The number of furan rings is 1. The van der Waals surface area contributed by atoms with Gasteiger partial charge in [0.25, 0.3) is 0 Å². The van der Waals surface area contributed by atoms with Crippen molar-refractivity contribution in [3.63, 3.8) is 0 Å². The van der Waals surface area contributed by atoms with Gasteiger partial charge in [-0.15, -0.1) is 11.8 Å². The van der Waals surface area contributed by atoms with Gasteiger partial charge >= 0.3 is 5.91 Å². The van der Waals surface area contributed by atoms with E-state index in [0.29, 0.717) is 5.75 Å². The first-order valence-corrected chi connectivity index (χ1v) is 6.88. The Morgan fingerprint density at radius 3 is 2.84 bits per heavy atom. The van der Waals surface area contributed by atoms with Gasteiger partial charge in [-0.25, -0.2) is 5.84 Å². The lowest BCUT2D eigenvalue weighted by Gasteiger charge is -2.05. The zero-order valence-electron chi connectivity index (χ0n) is 10.9. The number of carbonyl (C=O) groups excluding carboxylic acids is 1. The highest BCUT2D eigenvalue weighted by Crippen LogP contribution is 2.27. The van der Waals surface area contributed by atoms with Crippen molar-refractivity contribution in [1.29, 1.82) is 0 Å². The minimum atomic E-state index is -0.414. The Labute approximate surface area is 116 Å². The summed E-state index contributed by atoms with van der Waals surface area (Å²) in [6, 6.07) is 9.77. The molecule has 1 aromatic carbocycles. The highest BCUT2D eigenvalue weighted by molar-refractivity contribution is 7.98. The predicted molar refractivity (Wildman–Crippen MR) is 75.8 cm³/mol. The molecule has 0 aliphatic heterocycles. The normalized spacial score (nSPS) is 10.5. The molecule has 1 amide bonds. The Morgan fingerprint density at radius 1 is 1.32 bits per heavy atom. The van der Waals surface area contributed by atoms with Gasteiger partial charge in [0, 0.05) is 4.90 Å². The van der Waals surface area contributed by atoms with E-state index in [1.54, 1.807) is 23.9 Å². The van der Waals surface area contributed by atoms with Crippen LogP contribution in [0.1, 0.15) is 27.4 Å². The average Bonchev–Trinajstić information content (AvgIpc) is 2.88. The summed E-state index contributed by atoms with van der Waals surface area (Å²) in [5.74, 6) is 6.31. The highest BCUT2D eigenvalue weighted by atomic mass is 32.2. The number of carbonyl (C=O) groups is 1. The number of rotatable bonds is 4. The monoisotopic (exact) mass is 276 g/mol. The van der Waals surface area contributed by atoms with Gasteiger partial charge in [-0.2, -0.15) is 0 Å². The number of thioether (sulfide) groups is 1. The molecule has 19 heavy (non-hydrogen) atoms. The molecular weight excluding hydrogens is 260 g/mol. The molecule has 0 radical (unpaired) electrons. The third-order valence-electron chi connectivity index (χ3n) is 2.73. The summed E-state index contributed by atoms with van der Waals surface area (Å²) in [6.45, 7) is 4.15. The van der Waals surface area contributed by atoms with E-state index in [1.165, 1.54) is 16.0 Å². The molecule has 0 atom stereocenters. The third-order valence-corrected chi connectivity index (χ3v) is 3.91. The Hall–Kier alpha value is -1.72. The molecule has 2 aromatic rings. The molecule has 0 saturated carbocycles. The lowest BCUT2D eigenvalue weighted by atomic mass is 10.2. The Bertz CT molecular complexity index is 593. The third kappa shape index (κ3) is 3.39. The molecule has 1 heterocycles. The molecular formula is C14H16N2O2S. The molecule has 0 spiro atoms. The van der Waals surface area contributed by atoms with Crippen molar-refractivity contribution in [2.45, 2.75) is 24.5 Å². The Morgan fingerprint density at radius 2 is 2.11 bits per heavy atom. The van der Waals surface area contributed by atoms with Crippen LogP contribution >= 0.6 is 11.8 Å². The second-order valence-electron chi connectivity index (χ2n) is 4.30. The summed E-state index contributed by atoms with van der Waals surface area (Å²) in [7, 11) is 0. The number of aryl methyl sites for hydroxylation is 2. The smallest absolute Gasteiger partial charge is 0.300 e. The lowest BCUT2D eigenvalue weighted by Crippen LogP contribution is -2.29. The molecule has 0 bridgehead atoms. The Balaban J connectivity index is 2.04. The zero-order chi connectivity index (χ0) is 13.8. The van der Waals surface area contributed by atoms with Crippen LogP contribution in [0.5, 0.6) is 0 Å². The number of hydrogen-bond donors (Lipinski definition) is 2. The van der Waals surface area contributed by atoms with E-state index >= 15 is 0 Å². The number of nitrogens with two attached hydrogens (primary N) is 1. The molecule has 1 aromatic heterocycles. The number of nitrogen functional groups attached to an aromatic ring is 1. The van der Waals surface area contributed by atoms with Gasteiger partial charge in [0.05, 0.1) is 5.75 Å². The molecule has 5 heteroatoms. The van der Waals surface area contributed by atoms with Crippen LogP contribution < -0.4 is 11.3 Å². The predicted octanol–water partition coefficient (Wildman–Crippen LogP) is 2.79. The summed E-state index contributed by atoms with van der Waals surface area (Å²) in [5, 5.41) is 0. The quantitative estimate of drug-likeness (QED) is 0.390. The van der Waals surface area contributed by atoms with Crippen LogP contribution in [-0.4, -0.2) is 5.91 Å². The minimum absolute atomic E-state index is 0.235. The molecule has 3 N–H and O–H groups in total. The largest absolute Gasteiger partial charge is 0.455 e. The van der Waals surface area contributed by atoms with Gasteiger partial charge in [0.15, 0.2) is 5.76 Å². The maximum absolute atomic E-state index is 11.3. The van der Waals surface area contributed by atoms with Crippen LogP contribution in [-0.2, 0) is 5.75 Å². The van der Waals surface area contributed by atoms with E-state index < -0.39 is 5.91 Å². The highest BCUT2D eigenvalue weighted by Gasteiger charge is 2.10. The van der Waals surface area contributed by atoms with Crippen LogP contribution in [0.2, 0.25) is 0 Å². The second kappa shape index (κ2) is 5.95. The standard InChI is InChI=1S/C14H16N2O2S/c1-9-3-4-10(2)13(7-9)19-8-11-5-6-12(18-11)14(17)16-15/h3-7H,8,15H2,1-2H3,(H,16,17). The summed E-state index contributed by atoms with van der Waals surface area (Å²) >= 11 is 1.69. The average molecular weight is 276 g/mol. The maximum Gasteiger partial charge on any atom is 0.300 e. The molecule has 100 valence electrons. The number of amides is 1. The van der Waals surface area contributed by atoms with Crippen molar-refractivity contribution in [2.24, 2.45) is 5.84 Å². The van der Waals surface area contributed by atoms with Crippen molar-refractivity contribution >= 4 is 17.7 Å². The molecule has 0 aliphatic rings. The molecule has 4 nitrogen and oxygen atoms in total. The number of nitrogens with one attached hydrogen (secondary N) is 1. The van der Waals surface area contributed by atoms with Crippen molar-refractivity contribution in [2.75, 3.05) is 0 Å². The van der Waals surface area contributed by atoms with E-state index in [2.05, 4.69) is 32.0 Å². The van der Waals surface area contributed by atoms with Crippen LogP contribution in [0.3, 0.4) is 0 Å². The fraction of sp³-hybridized carbons (Fsp3) is 0.214. The topological polar surface area (TPSA) is 68.3 Å². The first-order valence-electron chi connectivity index (χ1n) is 5.90. The molecule has 0 saturated heterocycles. The van der Waals surface area contributed by atoms with Crippen molar-refractivity contribution in [3.8, 4) is 0 Å². The molecule has 0 fully saturated rings. The van der Waals surface area contributed by atoms with Crippen molar-refractivity contribution < 1.29 is 9.21 Å². The van der Waals surface area contributed by atoms with Crippen LogP contribution in [0, 0.1) is 13.8 Å². The van der Waals surface area contributed by atoms with Crippen molar-refractivity contribution in [1.82, 2.24) is 5.43 Å². The second-order valence-corrected chi connectivity index (χ2v) is 5.31. The Kier molecular flexibility index (Phi) is 4.29. The summed E-state index contributed by atoms with van der Waals surface area (Å²) in [5.41, 5.74) is 4.52. The van der Waals surface area contributed by atoms with Gasteiger partial charge < -0.3 is 4.42 Å². The van der Waals surface area contributed by atoms with Gasteiger partial charge in [-0.1, -0.05) is 17.7 Å². The SMILES string of the molecule is Cc1ccc(C)c(SCc2ccc(C(=O)NN)o2)c1. The van der Waals surface area contributed by atoms with Gasteiger partial charge in [0.2, 0.25) is 0 Å². The van der Waals surface area contributed by atoms with E-state index in [4.69, 9.17) is 10.3 Å². The van der Waals surface area contributed by atoms with E-state index in [-0.39, 0.29) is 5.76 Å². The number of hydrazine groups is 1. The number of benzene rings is 1. The van der Waals surface area contributed by atoms with Gasteiger partial charge in [0.1, 0.15) is 5.76 Å². The van der Waals surface area contributed by atoms with E-state index in [1.807, 2.05) is 5.43 Å². The summed E-state index contributed by atoms with van der Waals surface area (Å²) in [6.07, 6.45) is 0. The number of hydrogen-bond acceptors (Lipinski definition) is 4. The summed E-state index contributed by atoms with van der Waals surface area (Å²) in [4.78, 5) is 12.5. The molecule has 2 rings (SSSR count). The van der Waals surface area contributed by atoms with E-state index in [9.17, 15) is 4.79 Å². The van der Waals surface area contributed by atoms with Gasteiger partial charge in [-0.05, 0) is 37.6 Å². The van der Waals surface area contributed by atoms with Crippen molar-refractivity contribution in [3.05, 3.63) is 53.0 Å².